The van der Waals surface area contributed by atoms with Gasteiger partial charge in [-0.25, -0.2) is 13.6 Å². The number of nitrogens with two attached hydrogens (primary N) is 1. The van der Waals surface area contributed by atoms with E-state index in [-0.39, 0.29) is 10.1 Å². The number of rotatable bonds is 2. The zero-order valence-electron chi connectivity index (χ0n) is 6.77. The van der Waals surface area contributed by atoms with E-state index >= 15 is 0 Å². The van der Waals surface area contributed by atoms with Gasteiger partial charge >= 0.3 is 0 Å². The van der Waals surface area contributed by atoms with E-state index < -0.39 is 10.0 Å². The normalized spacial score (nSPS) is 11.2. The number of hydrogen-bond acceptors (Lipinski definition) is 4. The van der Waals surface area contributed by atoms with Crippen molar-refractivity contribution in [3.05, 3.63) is 12.1 Å². The van der Waals surface area contributed by atoms with Gasteiger partial charge in [0.2, 0.25) is 15.9 Å². The highest BCUT2D eigenvalue weighted by Gasteiger charge is 2.11. The van der Waals surface area contributed by atoms with Crippen LogP contribution < -0.4 is 10.5 Å². The highest BCUT2D eigenvalue weighted by atomic mass is 32.2. The van der Waals surface area contributed by atoms with Gasteiger partial charge in [0.1, 0.15) is 4.21 Å². The monoisotopic (exact) mass is 220 g/mol. The molecular formula is C6H8N2O3S2. The number of thiophene rings is 1. The molecule has 5 nitrogen and oxygen atoms in total. The highest BCUT2D eigenvalue weighted by Crippen LogP contribution is 2.24. The van der Waals surface area contributed by atoms with Gasteiger partial charge < -0.3 is 5.32 Å². The molecule has 0 atom stereocenters. The van der Waals surface area contributed by atoms with Crippen LogP contribution in [0.5, 0.6) is 0 Å². The van der Waals surface area contributed by atoms with E-state index in [1.54, 1.807) is 0 Å². The number of primary sulfonamides is 1. The van der Waals surface area contributed by atoms with Crippen LogP contribution in [-0.4, -0.2) is 14.3 Å². The van der Waals surface area contributed by atoms with Crippen LogP contribution in [-0.2, 0) is 14.8 Å². The van der Waals surface area contributed by atoms with Crippen LogP contribution >= 0.6 is 11.3 Å². The van der Waals surface area contributed by atoms with Crippen molar-refractivity contribution in [1.29, 1.82) is 0 Å². The first-order valence-corrected chi connectivity index (χ1v) is 5.66. The summed E-state index contributed by atoms with van der Waals surface area (Å²) < 4.78 is 21.7. The van der Waals surface area contributed by atoms with Crippen LogP contribution in [0.4, 0.5) is 5.00 Å². The Morgan fingerprint density at radius 2 is 2.15 bits per heavy atom. The van der Waals surface area contributed by atoms with Crippen molar-refractivity contribution in [2.75, 3.05) is 5.32 Å². The second-order valence-electron chi connectivity index (χ2n) is 2.34. The van der Waals surface area contributed by atoms with E-state index in [2.05, 4.69) is 5.32 Å². The number of amides is 1. The summed E-state index contributed by atoms with van der Waals surface area (Å²) in [5.41, 5.74) is 0. The molecule has 7 heteroatoms. The van der Waals surface area contributed by atoms with Crippen molar-refractivity contribution in [2.24, 2.45) is 5.14 Å². The van der Waals surface area contributed by atoms with Gasteiger partial charge in [-0.3, -0.25) is 4.79 Å². The molecule has 1 amide bonds. The number of carbonyl (C=O) groups is 1. The van der Waals surface area contributed by atoms with E-state index in [9.17, 15) is 13.2 Å². The molecular weight excluding hydrogens is 212 g/mol. The standard InChI is InChI=1S/C6H8N2O3S2/c1-4(9)8-5-2-3-6(12-5)13(7,10)11/h2-3H,1H3,(H,8,9)(H2,7,10,11). The van der Waals surface area contributed by atoms with Crippen molar-refractivity contribution in [3.63, 3.8) is 0 Å². The first kappa shape index (κ1) is 10.2. The van der Waals surface area contributed by atoms with Crippen LogP contribution in [0.2, 0.25) is 0 Å². The van der Waals surface area contributed by atoms with Crippen molar-refractivity contribution in [2.45, 2.75) is 11.1 Å². The summed E-state index contributed by atoms with van der Waals surface area (Å²) in [4.78, 5) is 10.6. The van der Waals surface area contributed by atoms with Crippen molar-refractivity contribution < 1.29 is 13.2 Å². The molecule has 1 heterocycles. The number of anilines is 1. The number of carbonyl (C=O) groups excluding carboxylic acids is 1. The Kier molecular flexibility index (Phi) is 2.69. The zero-order valence-corrected chi connectivity index (χ0v) is 8.41. The fraction of sp³-hybridized carbons (Fsp3) is 0.167. The Labute approximate surface area is 79.6 Å². The van der Waals surface area contributed by atoms with Crippen LogP contribution in [0, 0.1) is 0 Å². The van der Waals surface area contributed by atoms with E-state index in [1.807, 2.05) is 0 Å². The molecule has 13 heavy (non-hydrogen) atoms. The van der Waals surface area contributed by atoms with Crippen molar-refractivity contribution in [1.82, 2.24) is 0 Å². The summed E-state index contributed by atoms with van der Waals surface area (Å²) in [5, 5.41) is 7.80. The van der Waals surface area contributed by atoms with Gasteiger partial charge in [0.05, 0.1) is 5.00 Å². The Balaban J connectivity index is 2.94. The maximum Gasteiger partial charge on any atom is 0.247 e. The SMILES string of the molecule is CC(=O)Nc1ccc(S(N)(=O)=O)s1. The topological polar surface area (TPSA) is 89.3 Å². The molecule has 0 unspecified atom stereocenters. The quantitative estimate of drug-likeness (QED) is 0.753. The lowest BCUT2D eigenvalue weighted by Gasteiger charge is -1.94. The minimum Gasteiger partial charge on any atom is -0.318 e. The molecule has 0 bridgehead atoms. The molecule has 1 aromatic rings. The first-order valence-electron chi connectivity index (χ1n) is 3.30. The molecule has 0 fully saturated rings. The van der Waals surface area contributed by atoms with E-state index in [4.69, 9.17) is 5.14 Å². The molecule has 0 aliphatic carbocycles. The number of nitrogens with one attached hydrogen (secondary N) is 1. The maximum atomic E-state index is 10.8. The summed E-state index contributed by atoms with van der Waals surface area (Å²) >= 11 is 0.923. The summed E-state index contributed by atoms with van der Waals surface area (Å²) in [6.45, 7) is 1.34. The van der Waals surface area contributed by atoms with E-state index in [1.165, 1.54) is 19.1 Å². The molecule has 0 saturated heterocycles. The fourth-order valence-corrected chi connectivity index (χ4v) is 2.39. The van der Waals surface area contributed by atoms with Gasteiger partial charge in [-0.1, -0.05) is 0 Å². The van der Waals surface area contributed by atoms with Gasteiger partial charge in [0.25, 0.3) is 0 Å². The second-order valence-corrected chi connectivity index (χ2v) is 5.22. The molecule has 0 saturated carbocycles. The fourth-order valence-electron chi connectivity index (χ4n) is 0.714. The molecule has 72 valence electrons. The molecule has 0 spiro atoms. The maximum absolute atomic E-state index is 10.8. The first-order chi connectivity index (χ1) is 5.89. The Morgan fingerprint density at radius 3 is 2.54 bits per heavy atom. The van der Waals surface area contributed by atoms with Gasteiger partial charge in [-0.2, -0.15) is 0 Å². The number of sulfonamides is 1. The van der Waals surface area contributed by atoms with Crippen LogP contribution in [0.25, 0.3) is 0 Å². The van der Waals surface area contributed by atoms with Crippen LogP contribution in [0.3, 0.4) is 0 Å². The van der Waals surface area contributed by atoms with E-state index in [0.29, 0.717) is 5.00 Å². The second kappa shape index (κ2) is 3.44. The molecule has 0 aliphatic rings. The van der Waals surface area contributed by atoms with Crippen molar-refractivity contribution in [3.8, 4) is 0 Å². The molecule has 1 rings (SSSR count). The largest absolute Gasteiger partial charge is 0.318 e. The van der Waals surface area contributed by atoms with Crippen molar-refractivity contribution >= 4 is 32.3 Å². The predicted octanol–water partition coefficient (Wildman–Crippen LogP) is 0.354. The Hall–Kier alpha value is -0.920. The highest BCUT2D eigenvalue weighted by molar-refractivity contribution is 7.91. The van der Waals surface area contributed by atoms with Crippen LogP contribution in [0.15, 0.2) is 16.3 Å². The van der Waals surface area contributed by atoms with Gasteiger partial charge in [0, 0.05) is 6.92 Å². The molecule has 0 aliphatic heterocycles. The Morgan fingerprint density at radius 1 is 1.54 bits per heavy atom. The lowest BCUT2D eigenvalue weighted by atomic mass is 10.6. The third-order valence-corrected chi connectivity index (χ3v) is 3.60. The van der Waals surface area contributed by atoms with Crippen LogP contribution in [0.1, 0.15) is 6.92 Å². The zero-order chi connectivity index (χ0) is 10.1. The third-order valence-electron chi connectivity index (χ3n) is 1.16. The smallest absolute Gasteiger partial charge is 0.247 e. The average molecular weight is 220 g/mol. The lowest BCUT2D eigenvalue weighted by Crippen LogP contribution is -2.10. The molecule has 0 aromatic carbocycles. The molecule has 1 aromatic heterocycles. The lowest BCUT2D eigenvalue weighted by molar-refractivity contribution is -0.114. The summed E-state index contributed by atoms with van der Waals surface area (Å²) in [7, 11) is -3.65. The minimum absolute atomic E-state index is 0.0382. The number of hydrogen-bond donors (Lipinski definition) is 2. The summed E-state index contributed by atoms with van der Waals surface area (Å²) in [6.07, 6.45) is 0. The molecule has 3 N–H and O–H groups in total. The van der Waals surface area contributed by atoms with Gasteiger partial charge in [-0.05, 0) is 12.1 Å². The summed E-state index contributed by atoms with van der Waals surface area (Å²) in [5.74, 6) is -0.247. The van der Waals surface area contributed by atoms with Gasteiger partial charge in [0.15, 0.2) is 0 Å². The average Bonchev–Trinajstić information content (AvgIpc) is 2.32. The third kappa shape index (κ3) is 2.79. The predicted molar refractivity (Wildman–Crippen MR) is 50.0 cm³/mol. The van der Waals surface area contributed by atoms with Gasteiger partial charge in [-0.15, -0.1) is 11.3 Å². The van der Waals surface area contributed by atoms with E-state index in [0.717, 1.165) is 11.3 Å². The summed E-state index contributed by atoms with van der Waals surface area (Å²) in [6, 6.07) is 2.84. The Bertz CT molecular complexity index is 421. The minimum atomic E-state index is -3.65. The molecule has 0 radical (unpaired) electrons.